The van der Waals surface area contributed by atoms with Gasteiger partial charge in [0.1, 0.15) is 11.9 Å². The number of ether oxygens (including phenoxy) is 1. The number of carbonyl (C=O) groups excluding carboxylic acids is 4. The predicted octanol–water partition coefficient (Wildman–Crippen LogP) is 4.99. The first-order chi connectivity index (χ1) is 23.0. The summed E-state index contributed by atoms with van der Waals surface area (Å²) in [7, 11) is 1.75. The van der Waals surface area contributed by atoms with Crippen LogP contribution in [0.2, 0.25) is 0 Å². The first-order valence-electron chi connectivity index (χ1n) is 17.2. The largest absolute Gasteiger partial charge is 0.487 e. The fourth-order valence-electron chi connectivity index (χ4n) is 6.20. The number of hydrogen-bond donors (Lipinski definition) is 5. The first-order valence-corrected chi connectivity index (χ1v) is 17.2. The normalized spacial score (nSPS) is 18.8. The first kappa shape index (κ1) is 36.5. The number of aliphatic hydroxyl groups excluding tert-OH is 1. The Hall–Kier alpha value is -4.32. The molecule has 12 heteroatoms. The number of unbranched alkanes of at least 4 members (excludes halogenated alkanes) is 2. The SMILES string of the molecule is C[C@@H]1CN([C@@H](C)CO)C(=O)c2cc(NC(=O)CCCCCC(=O)Nc3ccccc3N)ccc2O[C@@H]1CN(C)C(=O)NC1CCCCC1. The maximum Gasteiger partial charge on any atom is 0.317 e. The lowest BCUT2D eigenvalue weighted by molar-refractivity contribution is -0.116. The lowest BCUT2D eigenvalue weighted by Crippen LogP contribution is -2.52. The van der Waals surface area contributed by atoms with Crippen molar-refractivity contribution < 1.29 is 29.0 Å². The van der Waals surface area contributed by atoms with E-state index in [1.165, 1.54) is 6.42 Å². The molecule has 2 aromatic rings. The highest BCUT2D eigenvalue weighted by atomic mass is 16.5. The number of para-hydroxylation sites is 2. The maximum atomic E-state index is 13.8. The zero-order valence-electron chi connectivity index (χ0n) is 28.5. The molecule has 1 saturated carbocycles. The maximum absolute atomic E-state index is 13.8. The van der Waals surface area contributed by atoms with Gasteiger partial charge in [-0.1, -0.05) is 44.7 Å². The number of nitrogens with one attached hydrogen (secondary N) is 3. The second kappa shape index (κ2) is 17.7. The van der Waals surface area contributed by atoms with Crippen molar-refractivity contribution in [1.29, 1.82) is 0 Å². The average molecular weight is 665 g/mol. The molecular weight excluding hydrogens is 612 g/mol. The molecule has 262 valence electrons. The number of amides is 5. The van der Waals surface area contributed by atoms with Gasteiger partial charge in [-0.05, 0) is 62.9 Å². The highest BCUT2D eigenvalue weighted by Gasteiger charge is 2.34. The summed E-state index contributed by atoms with van der Waals surface area (Å²) < 4.78 is 6.42. The van der Waals surface area contributed by atoms with Gasteiger partial charge in [0.05, 0.1) is 36.1 Å². The Labute approximate surface area is 283 Å². The Kier molecular flexibility index (Phi) is 13.5. The zero-order chi connectivity index (χ0) is 34.6. The highest BCUT2D eigenvalue weighted by molar-refractivity contribution is 6.00. The third kappa shape index (κ3) is 10.3. The molecule has 0 bridgehead atoms. The van der Waals surface area contributed by atoms with Gasteiger partial charge < -0.3 is 41.3 Å². The van der Waals surface area contributed by atoms with E-state index >= 15 is 0 Å². The van der Waals surface area contributed by atoms with Crippen LogP contribution in [-0.2, 0) is 9.59 Å². The fourth-order valence-corrected chi connectivity index (χ4v) is 6.20. The standard InChI is InChI=1S/C36H52N6O6/c1-24-21-42(25(2)23-43)35(46)28-20-27(38-33(44)16-8-5-9-17-34(45)40-30-15-11-10-14-29(30)37)18-19-31(28)48-32(24)22-41(3)36(47)39-26-12-6-4-7-13-26/h10-11,14-15,18-20,24-26,32,43H,4-9,12-13,16-17,21-23,37H2,1-3H3,(H,38,44)(H,39,47)(H,40,45)/t24-,25+,32-/m1/s1. The van der Waals surface area contributed by atoms with Crippen LogP contribution in [0.1, 0.15) is 88.4 Å². The summed E-state index contributed by atoms with van der Waals surface area (Å²) in [5, 5.41) is 18.8. The van der Waals surface area contributed by atoms with Crippen molar-refractivity contribution >= 4 is 40.8 Å². The van der Waals surface area contributed by atoms with Crippen LogP contribution >= 0.6 is 0 Å². The van der Waals surface area contributed by atoms with E-state index in [-0.39, 0.29) is 54.3 Å². The van der Waals surface area contributed by atoms with Gasteiger partial charge in [-0.3, -0.25) is 14.4 Å². The Morgan fingerprint density at radius 1 is 1.02 bits per heavy atom. The topological polar surface area (TPSA) is 166 Å². The average Bonchev–Trinajstić information content (AvgIpc) is 3.07. The molecule has 48 heavy (non-hydrogen) atoms. The van der Waals surface area contributed by atoms with Crippen molar-refractivity contribution in [3.05, 3.63) is 48.0 Å². The Bertz CT molecular complexity index is 1410. The van der Waals surface area contributed by atoms with Crippen molar-refractivity contribution in [3.63, 3.8) is 0 Å². The summed E-state index contributed by atoms with van der Waals surface area (Å²) in [5.41, 5.74) is 7.72. The molecule has 1 aliphatic carbocycles. The highest BCUT2D eigenvalue weighted by Crippen LogP contribution is 2.31. The number of likely N-dealkylation sites (N-methyl/N-ethyl adjacent to an activating group) is 1. The minimum absolute atomic E-state index is 0.124. The van der Waals surface area contributed by atoms with Crippen LogP contribution in [0.3, 0.4) is 0 Å². The van der Waals surface area contributed by atoms with Crippen LogP contribution in [0.25, 0.3) is 0 Å². The van der Waals surface area contributed by atoms with Crippen molar-refractivity contribution in [2.75, 3.05) is 43.1 Å². The van der Waals surface area contributed by atoms with Crippen LogP contribution in [0.15, 0.2) is 42.5 Å². The molecule has 5 amide bonds. The summed E-state index contributed by atoms with van der Waals surface area (Å²) in [6.45, 7) is 4.21. The van der Waals surface area contributed by atoms with Crippen LogP contribution in [0.4, 0.5) is 21.9 Å². The number of rotatable bonds is 13. The molecule has 0 radical (unpaired) electrons. The van der Waals surface area contributed by atoms with E-state index in [9.17, 15) is 24.3 Å². The number of nitrogens with zero attached hydrogens (tertiary/aromatic N) is 2. The van der Waals surface area contributed by atoms with Crippen molar-refractivity contribution in [1.82, 2.24) is 15.1 Å². The number of fused-ring (bicyclic) bond motifs is 1. The third-order valence-corrected chi connectivity index (χ3v) is 9.22. The number of carbonyl (C=O) groups is 4. The van der Waals surface area contributed by atoms with Crippen molar-refractivity contribution in [2.45, 2.75) is 96.2 Å². The summed E-state index contributed by atoms with van der Waals surface area (Å²) in [4.78, 5) is 55.1. The van der Waals surface area contributed by atoms with E-state index < -0.39 is 12.1 Å². The lowest BCUT2D eigenvalue weighted by Gasteiger charge is -2.38. The van der Waals surface area contributed by atoms with Gasteiger partial charge in [0.2, 0.25) is 11.8 Å². The van der Waals surface area contributed by atoms with Gasteiger partial charge in [-0.2, -0.15) is 0 Å². The van der Waals surface area contributed by atoms with E-state index in [4.69, 9.17) is 10.5 Å². The summed E-state index contributed by atoms with van der Waals surface area (Å²) in [6, 6.07) is 11.7. The van der Waals surface area contributed by atoms with Crippen LogP contribution < -0.4 is 26.4 Å². The summed E-state index contributed by atoms with van der Waals surface area (Å²) in [6.07, 6.45) is 7.52. The van der Waals surface area contributed by atoms with E-state index in [1.807, 2.05) is 13.0 Å². The number of anilines is 3. The molecular formula is C36H52N6O6. The van der Waals surface area contributed by atoms with Gasteiger partial charge in [0.25, 0.3) is 5.91 Å². The molecule has 1 heterocycles. The smallest absolute Gasteiger partial charge is 0.317 e. The van der Waals surface area contributed by atoms with Gasteiger partial charge in [-0.15, -0.1) is 0 Å². The van der Waals surface area contributed by atoms with Crippen molar-refractivity contribution in [2.24, 2.45) is 5.92 Å². The number of urea groups is 1. The molecule has 6 N–H and O–H groups in total. The van der Waals surface area contributed by atoms with Gasteiger partial charge in [-0.25, -0.2) is 4.79 Å². The second-order valence-corrected chi connectivity index (χ2v) is 13.2. The minimum Gasteiger partial charge on any atom is -0.487 e. The molecule has 4 rings (SSSR count). The second-order valence-electron chi connectivity index (χ2n) is 13.2. The van der Waals surface area contributed by atoms with Crippen LogP contribution in [0.5, 0.6) is 5.75 Å². The molecule has 0 spiro atoms. The summed E-state index contributed by atoms with van der Waals surface area (Å²) >= 11 is 0. The molecule has 12 nitrogen and oxygen atoms in total. The van der Waals surface area contributed by atoms with E-state index in [0.29, 0.717) is 61.6 Å². The van der Waals surface area contributed by atoms with Gasteiger partial charge in [0.15, 0.2) is 0 Å². The predicted molar refractivity (Wildman–Crippen MR) is 187 cm³/mol. The van der Waals surface area contributed by atoms with Crippen LogP contribution in [-0.4, -0.2) is 83.6 Å². The number of nitrogens with two attached hydrogens (primary N) is 1. The quantitative estimate of drug-likeness (QED) is 0.149. The monoisotopic (exact) mass is 664 g/mol. The van der Waals surface area contributed by atoms with E-state index in [2.05, 4.69) is 16.0 Å². The molecule has 2 aromatic carbocycles. The Morgan fingerprint density at radius 3 is 2.40 bits per heavy atom. The molecule has 3 atom stereocenters. The molecule has 0 unspecified atom stereocenters. The molecule has 0 aromatic heterocycles. The molecule has 1 fully saturated rings. The fraction of sp³-hybridized carbons (Fsp3) is 0.556. The van der Waals surface area contributed by atoms with Crippen LogP contribution in [0, 0.1) is 5.92 Å². The molecule has 2 aliphatic rings. The number of benzene rings is 2. The van der Waals surface area contributed by atoms with Crippen molar-refractivity contribution in [3.8, 4) is 5.75 Å². The number of hydrogen-bond acceptors (Lipinski definition) is 7. The number of nitrogen functional groups attached to an aromatic ring is 1. The summed E-state index contributed by atoms with van der Waals surface area (Å²) in [5.74, 6) is -0.398. The Balaban J connectivity index is 1.34. The van der Waals surface area contributed by atoms with Gasteiger partial charge in [0, 0.05) is 44.1 Å². The lowest BCUT2D eigenvalue weighted by atomic mass is 9.96. The molecule has 1 aliphatic heterocycles. The third-order valence-electron chi connectivity index (χ3n) is 9.22. The Morgan fingerprint density at radius 2 is 1.71 bits per heavy atom. The van der Waals surface area contributed by atoms with E-state index in [0.717, 1.165) is 25.7 Å². The minimum atomic E-state index is -0.441. The molecule has 0 saturated heterocycles. The van der Waals surface area contributed by atoms with E-state index in [1.54, 1.807) is 60.2 Å². The van der Waals surface area contributed by atoms with Gasteiger partial charge >= 0.3 is 6.03 Å². The zero-order valence-corrected chi connectivity index (χ0v) is 28.5. The number of aliphatic hydroxyl groups is 1.